The van der Waals surface area contributed by atoms with Gasteiger partial charge >= 0.3 is 0 Å². The molecule has 0 aromatic carbocycles. The summed E-state index contributed by atoms with van der Waals surface area (Å²) in [6, 6.07) is 0. The number of β-amino-alcohol motifs (C(OH)–C–C–N with tert-alkyl or cyclic N) is 1. The summed E-state index contributed by atoms with van der Waals surface area (Å²) in [5, 5.41) is 8.94. The van der Waals surface area contributed by atoms with E-state index in [1.807, 2.05) is 0 Å². The van der Waals surface area contributed by atoms with E-state index in [0.29, 0.717) is 19.0 Å². The molecule has 3 heteroatoms. The van der Waals surface area contributed by atoms with Gasteiger partial charge in [-0.15, -0.1) is 0 Å². The fourth-order valence-corrected chi connectivity index (χ4v) is 1.54. The summed E-state index contributed by atoms with van der Waals surface area (Å²) in [6.45, 7) is 3.21. The SMILES string of the molecule is C[C@@H]1C[C@H]1C(=O)N1CC(O)C1. The molecule has 11 heavy (non-hydrogen) atoms. The maximum atomic E-state index is 11.4. The van der Waals surface area contributed by atoms with E-state index in [0.717, 1.165) is 6.42 Å². The first-order valence-corrected chi connectivity index (χ1v) is 4.15. The number of hydrogen-bond acceptors (Lipinski definition) is 2. The Hall–Kier alpha value is -0.570. The summed E-state index contributed by atoms with van der Waals surface area (Å²) in [4.78, 5) is 13.1. The predicted molar refractivity (Wildman–Crippen MR) is 39.9 cm³/mol. The van der Waals surface area contributed by atoms with Crippen LogP contribution in [0.15, 0.2) is 0 Å². The van der Waals surface area contributed by atoms with Crippen molar-refractivity contribution >= 4 is 5.91 Å². The molecular weight excluding hydrogens is 142 g/mol. The van der Waals surface area contributed by atoms with Gasteiger partial charge in [-0.2, -0.15) is 0 Å². The molecule has 2 rings (SSSR count). The highest BCUT2D eigenvalue weighted by atomic mass is 16.3. The number of carbonyl (C=O) groups is 1. The zero-order valence-corrected chi connectivity index (χ0v) is 6.66. The van der Waals surface area contributed by atoms with Crippen LogP contribution in [0.25, 0.3) is 0 Å². The average Bonchev–Trinajstić information content (AvgIpc) is 2.58. The summed E-state index contributed by atoms with van der Waals surface area (Å²) >= 11 is 0. The molecule has 2 aliphatic rings. The number of hydrogen-bond donors (Lipinski definition) is 1. The highest BCUT2D eigenvalue weighted by Gasteiger charge is 2.44. The fraction of sp³-hybridized carbons (Fsp3) is 0.875. The van der Waals surface area contributed by atoms with E-state index in [1.54, 1.807) is 4.90 Å². The lowest BCUT2D eigenvalue weighted by Crippen LogP contribution is -2.54. The van der Waals surface area contributed by atoms with Gasteiger partial charge in [0.05, 0.1) is 6.10 Å². The van der Waals surface area contributed by atoms with Gasteiger partial charge in [0.15, 0.2) is 0 Å². The van der Waals surface area contributed by atoms with Crippen molar-refractivity contribution in [2.45, 2.75) is 19.4 Å². The Balaban J connectivity index is 1.83. The lowest BCUT2D eigenvalue weighted by atomic mass is 10.1. The normalized spacial score (nSPS) is 36.7. The van der Waals surface area contributed by atoms with E-state index in [9.17, 15) is 4.79 Å². The maximum Gasteiger partial charge on any atom is 0.226 e. The molecule has 0 radical (unpaired) electrons. The van der Waals surface area contributed by atoms with Crippen LogP contribution < -0.4 is 0 Å². The van der Waals surface area contributed by atoms with Gasteiger partial charge in [-0.05, 0) is 12.3 Å². The Morgan fingerprint density at radius 3 is 2.45 bits per heavy atom. The van der Waals surface area contributed by atoms with Crippen LogP contribution in [0.1, 0.15) is 13.3 Å². The number of aliphatic hydroxyl groups is 1. The van der Waals surface area contributed by atoms with E-state index >= 15 is 0 Å². The molecule has 1 aliphatic carbocycles. The molecule has 2 atom stereocenters. The second-order valence-corrected chi connectivity index (χ2v) is 3.72. The van der Waals surface area contributed by atoms with Crippen molar-refractivity contribution in [2.24, 2.45) is 11.8 Å². The van der Waals surface area contributed by atoms with Crippen LogP contribution in [0.2, 0.25) is 0 Å². The van der Waals surface area contributed by atoms with Crippen molar-refractivity contribution < 1.29 is 9.90 Å². The van der Waals surface area contributed by atoms with Crippen LogP contribution in [-0.2, 0) is 4.79 Å². The van der Waals surface area contributed by atoms with Crippen LogP contribution in [0, 0.1) is 11.8 Å². The first kappa shape index (κ1) is 7.10. The minimum Gasteiger partial charge on any atom is -0.389 e. The van der Waals surface area contributed by atoms with E-state index in [4.69, 9.17) is 5.11 Å². The number of aliphatic hydroxyl groups excluding tert-OH is 1. The van der Waals surface area contributed by atoms with Crippen molar-refractivity contribution in [3.63, 3.8) is 0 Å². The molecular formula is C8H13NO2. The second-order valence-electron chi connectivity index (χ2n) is 3.72. The Kier molecular flexibility index (Phi) is 1.42. The summed E-state index contributed by atoms with van der Waals surface area (Å²) in [7, 11) is 0. The first-order chi connectivity index (χ1) is 5.18. The van der Waals surface area contributed by atoms with Crippen molar-refractivity contribution in [1.82, 2.24) is 4.90 Å². The Morgan fingerprint density at radius 2 is 2.09 bits per heavy atom. The zero-order valence-electron chi connectivity index (χ0n) is 6.66. The topological polar surface area (TPSA) is 40.5 Å². The van der Waals surface area contributed by atoms with Crippen molar-refractivity contribution in [3.05, 3.63) is 0 Å². The van der Waals surface area contributed by atoms with Gasteiger partial charge < -0.3 is 10.0 Å². The van der Waals surface area contributed by atoms with Gasteiger partial charge in [0.2, 0.25) is 5.91 Å². The number of rotatable bonds is 1. The molecule has 2 fully saturated rings. The minimum absolute atomic E-state index is 0.253. The minimum atomic E-state index is -0.256. The predicted octanol–water partition coefficient (Wildman–Crippen LogP) is -0.155. The first-order valence-electron chi connectivity index (χ1n) is 4.15. The molecule has 1 saturated carbocycles. The molecule has 0 unspecified atom stereocenters. The third-order valence-electron chi connectivity index (χ3n) is 2.60. The summed E-state index contributed by atoms with van der Waals surface area (Å²) < 4.78 is 0. The largest absolute Gasteiger partial charge is 0.389 e. The molecule has 0 aromatic heterocycles. The zero-order chi connectivity index (χ0) is 8.01. The number of amides is 1. The van der Waals surface area contributed by atoms with E-state index < -0.39 is 0 Å². The van der Waals surface area contributed by atoms with Gasteiger partial charge in [-0.25, -0.2) is 0 Å². The van der Waals surface area contributed by atoms with Crippen LogP contribution in [0.3, 0.4) is 0 Å². The van der Waals surface area contributed by atoms with Gasteiger partial charge in [0, 0.05) is 19.0 Å². The lowest BCUT2D eigenvalue weighted by molar-refractivity contribution is -0.142. The van der Waals surface area contributed by atoms with Crippen LogP contribution in [-0.4, -0.2) is 35.1 Å². The maximum absolute atomic E-state index is 11.4. The van der Waals surface area contributed by atoms with Crippen molar-refractivity contribution in [2.75, 3.05) is 13.1 Å². The van der Waals surface area contributed by atoms with Crippen molar-refractivity contribution in [3.8, 4) is 0 Å². The highest BCUT2D eigenvalue weighted by molar-refractivity contribution is 5.82. The van der Waals surface area contributed by atoms with E-state index in [-0.39, 0.29) is 17.9 Å². The summed E-state index contributed by atoms with van der Waals surface area (Å²) in [5.41, 5.74) is 0. The van der Waals surface area contributed by atoms with Crippen LogP contribution >= 0.6 is 0 Å². The number of likely N-dealkylation sites (tertiary alicyclic amines) is 1. The highest BCUT2D eigenvalue weighted by Crippen LogP contribution is 2.39. The number of carbonyl (C=O) groups excluding carboxylic acids is 1. The molecule has 62 valence electrons. The van der Waals surface area contributed by atoms with Crippen LogP contribution in [0.5, 0.6) is 0 Å². The average molecular weight is 155 g/mol. The molecule has 1 N–H and O–H groups in total. The third kappa shape index (κ3) is 1.13. The lowest BCUT2D eigenvalue weighted by Gasteiger charge is -2.36. The molecule has 0 aromatic rings. The monoisotopic (exact) mass is 155 g/mol. The van der Waals surface area contributed by atoms with Gasteiger partial charge in [-0.3, -0.25) is 4.79 Å². The van der Waals surface area contributed by atoms with E-state index in [1.165, 1.54) is 0 Å². The Labute approximate surface area is 66.0 Å². The third-order valence-corrected chi connectivity index (χ3v) is 2.60. The van der Waals surface area contributed by atoms with Crippen LogP contribution in [0.4, 0.5) is 0 Å². The Morgan fingerprint density at radius 1 is 1.55 bits per heavy atom. The standard InChI is InChI=1S/C8H13NO2/c1-5-2-7(5)8(11)9-3-6(10)4-9/h5-7,10H,2-4H2,1H3/t5-,7-/m1/s1. The Bertz CT molecular complexity index is 187. The smallest absolute Gasteiger partial charge is 0.226 e. The summed E-state index contributed by atoms with van der Waals surface area (Å²) in [5.74, 6) is 1.12. The van der Waals surface area contributed by atoms with Gasteiger partial charge in [0.25, 0.3) is 0 Å². The molecule has 1 saturated heterocycles. The quantitative estimate of drug-likeness (QED) is 0.572. The molecule has 1 amide bonds. The molecule has 1 heterocycles. The molecule has 3 nitrogen and oxygen atoms in total. The second kappa shape index (κ2) is 2.21. The van der Waals surface area contributed by atoms with Gasteiger partial charge in [-0.1, -0.05) is 6.92 Å². The molecule has 1 aliphatic heterocycles. The summed E-state index contributed by atoms with van der Waals surface area (Å²) in [6.07, 6.45) is 0.791. The molecule has 0 bridgehead atoms. The van der Waals surface area contributed by atoms with Crippen molar-refractivity contribution in [1.29, 1.82) is 0 Å². The molecule has 0 spiro atoms. The van der Waals surface area contributed by atoms with Gasteiger partial charge in [0.1, 0.15) is 0 Å². The number of nitrogens with zero attached hydrogens (tertiary/aromatic N) is 1. The van der Waals surface area contributed by atoms with E-state index in [2.05, 4.69) is 6.92 Å². The fourth-order valence-electron chi connectivity index (χ4n) is 1.54.